The van der Waals surface area contributed by atoms with Crippen molar-refractivity contribution in [3.05, 3.63) is 59.4 Å². The minimum absolute atomic E-state index is 0.0822. The predicted octanol–water partition coefficient (Wildman–Crippen LogP) is 4.91. The number of fused-ring (bicyclic) bond motifs is 1. The van der Waals surface area contributed by atoms with E-state index in [0.29, 0.717) is 16.9 Å². The molecule has 2 N–H and O–H groups in total. The molecule has 1 aliphatic heterocycles. The van der Waals surface area contributed by atoms with Crippen LogP contribution in [0, 0.1) is 11.6 Å². The van der Waals surface area contributed by atoms with Crippen molar-refractivity contribution in [3.8, 4) is 0 Å². The second-order valence-electron chi connectivity index (χ2n) is 8.28. The van der Waals surface area contributed by atoms with Crippen molar-refractivity contribution in [3.63, 3.8) is 0 Å². The molecule has 4 rings (SSSR count). The number of halogens is 2. The predicted molar refractivity (Wildman–Crippen MR) is 123 cm³/mol. The number of aliphatic hydroxyl groups is 1. The Labute approximate surface area is 191 Å². The van der Waals surface area contributed by atoms with Gasteiger partial charge >= 0.3 is 0 Å². The number of H-pyrrole nitrogens is 1. The number of benzene rings is 2. The molecule has 3 aromatic rings. The number of likely N-dealkylation sites (tertiary alicyclic amines) is 1. The summed E-state index contributed by atoms with van der Waals surface area (Å²) in [7, 11) is 2.10. The van der Waals surface area contributed by atoms with Gasteiger partial charge in [0.1, 0.15) is 11.9 Å². The Morgan fingerprint density at radius 1 is 1.19 bits per heavy atom. The Kier molecular flexibility index (Phi) is 7.78. The summed E-state index contributed by atoms with van der Waals surface area (Å²) in [6.45, 7) is 2.14. The summed E-state index contributed by atoms with van der Waals surface area (Å²) < 4.78 is 34.0. The number of nitrogens with zero attached hydrogens (tertiary/aromatic N) is 2. The fraction of sp³-hybridized carbons (Fsp3) is 0.458. The van der Waals surface area contributed by atoms with Crippen LogP contribution in [0.2, 0.25) is 0 Å². The van der Waals surface area contributed by atoms with E-state index in [4.69, 9.17) is 9.84 Å². The second kappa shape index (κ2) is 10.7. The van der Waals surface area contributed by atoms with Gasteiger partial charge in [-0.05, 0) is 56.2 Å². The standard InChI is InChI=1S/C24H29F2N3O2S/c1-29-9-7-17(8-10-29)31-23(16-5-4-6-18(13-16)32-12-3-2-11-30)24-27-21-14-19(25)20(26)15-22(21)28-24/h4-6,13-15,17,23,30H,2-3,7-12H2,1H3,(H,27,28). The third-order valence-electron chi connectivity index (χ3n) is 5.77. The Morgan fingerprint density at radius 2 is 1.97 bits per heavy atom. The number of aromatic amines is 1. The van der Waals surface area contributed by atoms with Crippen molar-refractivity contribution in [2.24, 2.45) is 0 Å². The zero-order chi connectivity index (χ0) is 22.5. The topological polar surface area (TPSA) is 61.4 Å². The SMILES string of the molecule is CN1CCC(OC(c2cccc(SCCCCO)c2)c2nc3cc(F)c(F)cc3[nH]2)CC1. The van der Waals surface area contributed by atoms with Crippen LogP contribution < -0.4 is 0 Å². The van der Waals surface area contributed by atoms with Gasteiger partial charge in [-0.2, -0.15) is 0 Å². The fourth-order valence-corrected chi connectivity index (χ4v) is 4.91. The van der Waals surface area contributed by atoms with Gasteiger partial charge in [-0.3, -0.25) is 0 Å². The zero-order valence-corrected chi connectivity index (χ0v) is 19.0. The van der Waals surface area contributed by atoms with E-state index in [9.17, 15) is 8.78 Å². The third-order valence-corrected chi connectivity index (χ3v) is 6.85. The highest BCUT2D eigenvalue weighted by Crippen LogP contribution is 2.32. The van der Waals surface area contributed by atoms with Crippen LogP contribution in [0.15, 0.2) is 41.3 Å². The smallest absolute Gasteiger partial charge is 0.161 e. The highest BCUT2D eigenvalue weighted by molar-refractivity contribution is 7.99. The number of nitrogens with one attached hydrogen (secondary N) is 1. The van der Waals surface area contributed by atoms with Crippen molar-refractivity contribution in [1.82, 2.24) is 14.9 Å². The van der Waals surface area contributed by atoms with Crippen LogP contribution in [0.3, 0.4) is 0 Å². The Morgan fingerprint density at radius 3 is 2.75 bits per heavy atom. The summed E-state index contributed by atoms with van der Waals surface area (Å²) in [6, 6.07) is 10.4. The maximum atomic E-state index is 13.7. The van der Waals surface area contributed by atoms with Crippen molar-refractivity contribution < 1.29 is 18.6 Å². The summed E-state index contributed by atoms with van der Waals surface area (Å²) >= 11 is 1.74. The molecule has 0 amide bonds. The van der Waals surface area contributed by atoms with Crippen molar-refractivity contribution in [1.29, 1.82) is 0 Å². The fourth-order valence-electron chi connectivity index (χ4n) is 3.93. The number of aliphatic hydroxyl groups excluding tert-OH is 1. The normalized spacial score (nSPS) is 16.6. The summed E-state index contributed by atoms with van der Waals surface area (Å²) in [4.78, 5) is 11.1. The molecule has 0 bridgehead atoms. The maximum Gasteiger partial charge on any atom is 0.161 e. The van der Waals surface area contributed by atoms with E-state index in [-0.39, 0.29) is 12.7 Å². The minimum atomic E-state index is -0.912. The Bertz CT molecular complexity index is 998. The van der Waals surface area contributed by atoms with Gasteiger partial charge in [0.25, 0.3) is 0 Å². The van der Waals surface area contributed by atoms with Crippen molar-refractivity contribution >= 4 is 22.8 Å². The van der Waals surface area contributed by atoms with E-state index in [1.165, 1.54) is 0 Å². The van der Waals surface area contributed by atoms with E-state index in [2.05, 4.69) is 34.0 Å². The summed E-state index contributed by atoms with van der Waals surface area (Å²) in [5.74, 6) is -0.342. The van der Waals surface area contributed by atoms with Crippen LogP contribution in [0.1, 0.15) is 43.2 Å². The number of unbranched alkanes of at least 4 members (excludes halogenated alkanes) is 1. The zero-order valence-electron chi connectivity index (χ0n) is 18.2. The van der Waals surface area contributed by atoms with Crippen LogP contribution in [-0.4, -0.2) is 58.6 Å². The molecular weight excluding hydrogens is 432 g/mol. The molecule has 0 aliphatic carbocycles. The first kappa shape index (κ1) is 23.2. The molecule has 8 heteroatoms. The summed E-state index contributed by atoms with van der Waals surface area (Å²) in [5, 5.41) is 8.99. The lowest BCUT2D eigenvalue weighted by molar-refractivity contribution is -0.0264. The van der Waals surface area contributed by atoms with Crippen molar-refractivity contribution in [2.75, 3.05) is 32.5 Å². The molecule has 5 nitrogen and oxygen atoms in total. The molecule has 172 valence electrons. The lowest BCUT2D eigenvalue weighted by Crippen LogP contribution is -2.35. The molecule has 1 fully saturated rings. The van der Waals surface area contributed by atoms with Gasteiger partial charge in [-0.15, -0.1) is 11.8 Å². The number of aromatic nitrogens is 2. The molecule has 2 heterocycles. The Balaban J connectivity index is 1.62. The number of thioether (sulfide) groups is 1. The highest BCUT2D eigenvalue weighted by atomic mass is 32.2. The quantitative estimate of drug-likeness (QED) is 0.350. The lowest BCUT2D eigenvalue weighted by Gasteiger charge is -2.31. The van der Waals surface area contributed by atoms with E-state index >= 15 is 0 Å². The van der Waals surface area contributed by atoms with E-state index in [1.807, 2.05) is 12.1 Å². The number of hydrogen-bond donors (Lipinski definition) is 2. The first-order chi connectivity index (χ1) is 15.5. The van der Waals surface area contributed by atoms with Gasteiger partial charge in [0.05, 0.1) is 17.1 Å². The molecular formula is C24H29F2N3O2S. The molecule has 1 aromatic heterocycles. The van der Waals surface area contributed by atoms with E-state index in [1.54, 1.807) is 11.8 Å². The number of ether oxygens (including phenoxy) is 1. The van der Waals surface area contributed by atoms with Gasteiger partial charge in [-0.25, -0.2) is 13.8 Å². The van der Waals surface area contributed by atoms with Gasteiger partial charge in [0.2, 0.25) is 0 Å². The van der Waals surface area contributed by atoms with Gasteiger partial charge in [0, 0.05) is 36.7 Å². The summed E-state index contributed by atoms with van der Waals surface area (Å²) in [6.07, 6.45) is 3.21. The van der Waals surface area contributed by atoms with E-state index in [0.717, 1.165) is 67.1 Å². The second-order valence-corrected chi connectivity index (χ2v) is 9.44. The van der Waals surface area contributed by atoms with Gasteiger partial charge in [-0.1, -0.05) is 12.1 Å². The monoisotopic (exact) mass is 461 g/mol. The molecule has 0 radical (unpaired) electrons. The van der Waals surface area contributed by atoms with Crippen LogP contribution >= 0.6 is 11.8 Å². The number of rotatable bonds is 9. The van der Waals surface area contributed by atoms with Gasteiger partial charge in [0.15, 0.2) is 11.6 Å². The molecule has 1 aliphatic rings. The number of imidazole rings is 1. The molecule has 2 aromatic carbocycles. The molecule has 1 saturated heterocycles. The third kappa shape index (κ3) is 5.67. The first-order valence-corrected chi connectivity index (χ1v) is 12.0. The van der Waals surface area contributed by atoms with Crippen LogP contribution in [0.4, 0.5) is 8.78 Å². The molecule has 1 unspecified atom stereocenters. The van der Waals surface area contributed by atoms with Crippen LogP contribution in [0.5, 0.6) is 0 Å². The molecule has 32 heavy (non-hydrogen) atoms. The largest absolute Gasteiger partial charge is 0.396 e. The number of piperidine rings is 1. The maximum absolute atomic E-state index is 13.7. The summed E-state index contributed by atoms with van der Waals surface area (Å²) in [5.41, 5.74) is 1.78. The average Bonchev–Trinajstić information content (AvgIpc) is 3.19. The van der Waals surface area contributed by atoms with Crippen molar-refractivity contribution in [2.45, 2.75) is 42.8 Å². The Hall–Kier alpha value is -2.00. The highest BCUT2D eigenvalue weighted by Gasteiger charge is 2.26. The minimum Gasteiger partial charge on any atom is -0.396 e. The first-order valence-electron chi connectivity index (χ1n) is 11.1. The van der Waals surface area contributed by atoms with Crippen LogP contribution in [-0.2, 0) is 4.74 Å². The average molecular weight is 462 g/mol. The van der Waals surface area contributed by atoms with Gasteiger partial charge < -0.3 is 19.7 Å². The molecule has 0 spiro atoms. The molecule has 0 saturated carbocycles. The van der Waals surface area contributed by atoms with Crippen LogP contribution in [0.25, 0.3) is 11.0 Å². The lowest BCUT2D eigenvalue weighted by atomic mass is 10.1. The molecule has 1 atom stereocenters. The number of hydrogen-bond acceptors (Lipinski definition) is 5. The van der Waals surface area contributed by atoms with E-state index < -0.39 is 17.7 Å².